The van der Waals surface area contributed by atoms with Crippen molar-refractivity contribution in [2.24, 2.45) is 5.92 Å². The maximum atomic E-state index is 11.4. The van der Waals surface area contributed by atoms with Crippen LogP contribution in [0, 0.1) is 5.92 Å². The van der Waals surface area contributed by atoms with Crippen LogP contribution in [0.25, 0.3) is 0 Å². The van der Waals surface area contributed by atoms with Gasteiger partial charge >= 0.3 is 5.97 Å². The fourth-order valence-corrected chi connectivity index (χ4v) is 2.32. The highest BCUT2D eigenvalue weighted by atomic mass is 16.5. The van der Waals surface area contributed by atoms with Gasteiger partial charge in [-0.2, -0.15) is 0 Å². The maximum Gasteiger partial charge on any atom is 0.308 e. The van der Waals surface area contributed by atoms with E-state index in [-0.39, 0.29) is 18.0 Å². The zero-order valence-corrected chi connectivity index (χ0v) is 10.7. The van der Waals surface area contributed by atoms with E-state index in [1.807, 2.05) is 12.1 Å². The van der Waals surface area contributed by atoms with Crippen molar-refractivity contribution in [1.29, 1.82) is 0 Å². The molecule has 98 valence electrons. The third kappa shape index (κ3) is 3.53. The average Bonchev–Trinajstić information content (AvgIpc) is 2.46. The Morgan fingerprint density at radius 2 is 1.94 bits per heavy atom. The molecule has 0 bridgehead atoms. The number of rotatable bonds is 4. The first-order chi connectivity index (χ1) is 8.79. The summed E-state index contributed by atoms with van der Waals surface area (Å²) in [6.45, 7) is 0.621. The second kappa shape index (κ2) is 6.50. The summed E-state index contributed by atoms with van der Waals surface area (Å²) in [6, 6.07) is 3.92. The molecule has 1 heterocycles. The zero-order valence-electron chi connectivity index (χ0n) is 10.7. The Morgan fingerprint density at radius 3 is 2.56 bits per heavy atom. The lowest BCUT2D eigenvalue weighted by Gasteiger charge is -2.26. The predicted molar refractivity (Wildman–Crippen MR) is 66.8 cm³/mol. The largest absolute Gasteiger partial charge is 0.469 e. The molecule has 1 saturated carbocycles. The quantitative estimate of drug-likeness (QED) is 0.768. The topological polar surface area (TPSA) is 48.4 Å². The van der Waals surface area contributed by atoms with Gasteiger partial charge in [-0.25, -0.2) is 0 Å². The van der Waals surface area contributed by atoms with Crippen molar-refractivity contribution in [3.8, 4) is 0 Å². The summed E-state index contributed by atoms with van der Waals surface area (Å²) in [5.74, 6) is -0.0154. The van der Waals surface area contributed by atoms with Crippen LogP contribution >= 0.6 is 0 Å². The van der Waals surface area contributed by atoms with Gasteiger partial charge in [-0.3, -0.25) is 9.78 Å². The Labute approximate surface area is 107 Å². The minimum Gasteiger partial charge on any atom is -0.469 e. The normalized spacial score (nSPS) is 23.6. The fraction of sp³-hybridized carbons (Fsp3) is 0.571. The summed E-state index contributed by atoms with van der Waals surface area (Å²) in [5, 5.41) is 0. The molecule has 0 N–H and O–H groups in total. The zero-order chi connectivity index (χ0) is 12.8. The highest BCUT2D eigenvalue weighted by molar-refractivity contribution is 5.72. The van der Waals surface area contributed by atoms with Crippen molar-refractivity contribution in [2.75, 3.05) is 7.11 Å². The molecule has 2 rings (SSSR count). The third-order valence-corrected chi connectivity index (χ3v) is 3.44. The lowest BCUT2D eigenvalue weighted by Crippen LogP contribution is -2.26. The first kappa shape index (κ1) is 13.0. The SMILES string of the molecule is COC(=O)C1CCC(OCc2ccncc2)CC1. The van der Waals surface area contributed by atoms with Gasteiger partial charge in [0.15, 0.2) is 0 Å². The molecule has 0 aromatic carbocycles. The summed E-state index contributed by atoms with van der Waals surface area (Å²) in [5.41, 5.74) is 1.14. The van der Waals surface area contributed by atoms with E-state index in [0.717, 1.165) is 31.2 Å². The molecule has 1 fully saturated rings. The standard InChI is InChI=1S/C14H19NO3/c1-17-14(16)12-2-4-13(5-3-12)18-10-11-6-8-15-9-7-11/h6-9,12-13H,2-5,10H2,1H3. The number of methoxy groups -OCH3 is 1. The van der Waals surface area contributed by atoms with Crippen LogP contribution in [-0.4, -0.2) is 24.2 Å². The van der Waals surface area contributed by atoms with Crippen LogP contribution in [0.2, 0.25) is 0 Å². The van der Waals surface area contributed by atoms with Crippen molar-refractivity contribution >= 4 is 5.97 Å². The summed E-state index contributed by atoms with van der Waals surface area (Å²) in [6.07, 6.45) is 7.41. The fourth-order valence-electron chi connectivity index (χ4n) is 2.32. The number of ether oxygens (including phenoxy) is 2. The van der Waals surface area contributed by atoms with E-state index in [1.165, 1.54) is 7.11 Å². The molecule has 4 nitrogen and oxygen atoms in total. The first-order valence-electron chi connectivity index (χ1n) is 6.38. The lowest BCUT2D eigenvalue weighted by molar-refractivity contribution is -0.147. The van der Waals surface area contributed by atoms with E-state index < -0.39 is 0 Å². The van der Waals surface area contributed by atoms with Gasteiger partial charge in [0.1, 0.15) is 0 Å². The summed E-state index contributed by atoms with van der Waals surface area (Å²) < 4.78 is 10.6. The average molecular weight is 249 g/mol. The predicted octanol–water partition coefficient (Wildman–Crippen LogP) is 2.33. The number of nitrogens with zero attached hydrogens (tertiary/aromatic N) is 1. The molecule has 0 unspecified atom stereocenters. The van der Waals surface area contributed by atoms with Crippen LogP contribution in [0.4, 0.5) is 0 Å². The van der Waals surface area contributed by atoms with E-state index in [4.69, 9.17) is 9.47 Å². The van der Waals surface area contributed by atoms with Crippen molar-refractivity contribution in [1.82, 2.24) is 4.98 Å². The van der Waals surface area contributed by atoms with Gasteiger partial charge in [0.05, 0.1) is 25.7 Å². The highest BCUT2D eigenvalue weighted by Crippen LogP contribution is 2.27. The van der Waals surface area contributed by atoms with Crippen molar-refractivity contribution in [2.45, 2.75) is 38.4 Å². The second-order valence-corrected chi connectivity index (χ2v) is 4.66. The minimum atomic E-state index is -0.0809. The van der Waals surface area contributed by atoms with Gasteiger partial charge < -0.3 is 9.47 Å². The molecule has 1 aromatic heterocycles. The molecule has 1 aliphatic rings. The van der Waals surface area contributed by atoms with Crippen molar-refractivity contribution in [3.05, 3.63) is 30.1 Å². The van der Waals surface area contributed by atoms with Crippen molar-refractivity contribution in [3.63, 3.8) is 0 Å². The molecule has 0 aliphatic heterocycles. The number of esters is 1. The molecule has 0 amide bonds. The van der Waals surface area contributed by atoms with E-state index in [9.17, 15) is 4.79 Å². The third-order valence-electron chi connectivity index (χ3n) is 3.44. The number of hydrogen-bond donors (Lipinski definition) is 0. The Morgan fingerprint density at radius 1 is 1.28 bits per heavy atom. The van der Waals surface area contributed by atoms with E-state index >= 15 is 0 Å². The number of carbonyl (C=O) groups is 1. The number of aromatic nitrogens is 1. The van der Waals surface area contributed by atoms with Gasteiger partial charge in [-0.15, -0.1) is 0 Å². The Hall–Kier alpha value is -1.42. The second-order valence-electron chi connectivity index (χ2n) is 4.66. The van der Waals surface area contributed by atoms with Crippen molar-refractivity contribution < 1.29 is 14.3 Å². The Balaban J connectivity index is 1.72. The van der Waals surface area contributed by atoms with Crippen LogP contribution in [0.3, 0.4) is 0 Å². The van der Waals surface area contributed by atoms with Gasteiger partial charge in [0.25, 0.3) is 0 Å². The van der Waals surface area contributed by atoms with Gasteiger partial charge in [0, 0.05) is 12.4 Å². The smallest absolute Gasteiger partial charge is 0.308 e. The molecule has 18 heavy (non-hydrogen) atoms. The Bertz CT molecular complexity index is 372. The van der Waals surface area contributed by atoms with Crippen LogP contribution in [-0.2, 0) is 20.9 Å². The van der Waals surface area contributed by atoms with Crippen LogP contribution < -0.4 is 0 Å². The molecular weight excluding hydrogens is 230 g/mol. The van der Waals surface area contributed by atoms with Crippen LogP contribution in [0.15, 0.2) is 24.5 Å². The van der Waals surface area contributed by atoms with Gasteiger partial charge in [0.2, 0.25) is 0 Å². The number of carbonyl (C=O) groups excluding carboxylic acids is 1. The minimum absolute atomic E-state index is 0.0655. The van der Waals surface area contributed by atoms with Gasteiger partial charge in [-0.05, 0) is 43.4 Å². The van der Waals surface area contributed by atoms with Gasteiger partial charge in [-0.1, -0.05) is 0 Å². The number of hydrogen-bond acceptors (Lipinski definition) is 4. The summed E-state index contributed by atoms with van der Waals surface area (Å²) in [7, 11) is 1.45. The molecule has 1 aliphatic carbocycles. The van der Waals surface area contributed by atoms with E-state index in [1.54, 1.807) is 12.4 Å². The lowest BCUT2D eigenvalue weighted by atomic mass is 9.87. The molecule has 1 aromatic rings. The number of pyridine rings is 1. The summed E-state index contributed by atoms with van der Waals surface area (Å²) >= 11 is 0. The molecular formula is C14H19NO3. The monoisotopic (exact) mass is 249 g/mol. The first-order valence-corrected chi connectivity index (χ1v) is 6.38. The maximum absolute atomic E-state index is 11.4. The molecule has 0 spiro atoms. The van der Waals surface area contributed by atoms with Crippen LogP contribution in [0.5, 0.6) is 0 Å². The Kier molecular flexibility index (Phi) is 4.70. The molecule has 0 saturated heterocycles. The molecule has 0 atom stereocenters. The highest BCUT2D eigenvalue weighted by Gasteiger charge is 2.27. The van der Waals surface area contributed by atoms with Crippen LogP contribution in [0.1, 0.15) is 31.2 Å². The molecule has 4 heteroatoms. The van der Waals surface area contributed by atoms with E-state index in [2.05, 4.69) is 4.98 Å². The van der Waals surface area contributed by atoms with E-state index in [0.29, 0.717) is 6.61 Å². The summed E-state index contributed by atoms with van der Waals surface area (Å²) in [4.78, 5) is 15.4. The molecule has 0 radical (unpaired) electrons.